The number of β-amino-alcohol motifs (C(OH)–C–C–N with tert-alkyl or cyclic N) is 1. The highest BCUT2D eigenvalue weighted by Gasteiger charge is 2.29. The number of primary amides is 1. The zero-order valence-electron chi connectivity index (χ0n) is 14.4. The highest BCUT2D eigenvalue weighted by molar-refractivity contribution is 5.92. The van der Waals surface area contributed by atoms with Crippen LogP contribution in [0.3, 0.4) is 0 Å². The van der Waals surface area contributed by atoms with E-state index in [0.29, 0.717) is 12.1 Å². The Hall–Kier alpha value is -2.92. The van der Waals surface area contributed by atoms with E-state index in [-0.39, 0.29) is 5.92 Å². The van der Waals surface area contributed by atoms with Gasteiger partial charge in [0.2, 0.25) is 5.91 Å². The van der Waals surface area contributed by atoms with Gasteiger partial charge in [-0.25, -0.2) is 4.98 Å². The van der Waals surface area contributed by atoms with Gasteiger partial charge in [0.05, 0.1) is 11.7 Å². The Kier molecular flexibility index (Phi) is 4.31. The number of carbonyl (C=O) groups excluding carboxylic acids is 1. The molecule has 1 aliphatic rings. The molecule has 2 atom stereocenters. The number of hydrogen-bond acceptors (Lipinski definition) is 4. The van der Waals surface area contributed by atoms with Gasteiger partial charge in [0.15, 0.2) is 0 Å². The average molecular weight is 347 g/mol. The minimum Gasteiger partial charge on any atom is -0.391 e. The summed E-state index contributed by atoms with van der Waals surface area (Å²) in [5, 5.41) is 13.1. The van der Waals surface area contributed by atoms with E-state index in [9.17, 15) is 9.90 Å². The van der Waals surface area contributed by atoms with Gasteiger partial charge in [0, 0.05) is 25.2 Å². The topological polar surface area (TPSA) is 79.5 Å². The molecule has 3 N–H and O–H groups in total. The van der Waals surface area contributed by atoms with Crippen molar-refractivity contribution in [2.45, 2.75) is 18.4 Å². The molecule has 0 radical (unpaired) electrons. The zero-order chi connectivity index (χ0) is 18.1. The summed E-state index contributed by atoms with van der Waals surface area (Å²) in [6.45, 7) is 1.32. The number of amides is 1. The molecule has 1 amide bonds. The van der Waals surface area contributed by atoms with Crippen molar-refractivity contribution >= 4 is 22.5 Å². The lowest BCUT2D eigenvalue weighted by atomic mass is 9.86. The molecule has 3 aromatic rings. The SMILES string of the molecule is NC(=O)c1ccc(N2CC[C@H](c3ccc4ccccc4c3)[C@@H](O)C2)nc1. The average Bonchev–Trinajstić information content (AvgIpc) is 2.67. The number of piperidine rings is 1. The number of pyridine rings is 1. The Balaban J connectivity index is 1.51. The summed E-state index contributed by atoms with van der Waals surface area (Å²) < 4.78 is 0. The molecule has 0 aliphatic carbocycles. The molecule has 4 rings (SSSR count). The van der Waals surface area contributed by atoms with Gasteiger partial charge in [0.1, 0.15) is 5.82 Å². The summed E-state index contributed by atoms with van der Waals surface area (Å²) >= 11 is 0. The Labute approximate surface area is 152 Å². The first-order valence-electron chi connectivity index (χ1n) is 8.79. The number of aliphatic hydroxyl groups is 1. The van der Waals surface area contributed by atoms with E-state index in [1.54, 1.807) is 12.1 Å². The standard InChI is InChI=1S/C21H21N3O2/c22-21(26)17-7-8-20(23-12-17)24-10-9-18(19(25)13-24)16-6-5-14-3-1-2-4-15(14)11-16/h1-8,11-12,18-19,25H,9-10,13H2,(H2,22,26)/t18-,19+/m1/s1. The molecule has 1 aliphatic heterocycles. The van der Waals surface area contributed by atoms with Gasteiger partial charge in [-0.05, 0) is 34.9 Å². The van der Waals surface area contributed by atoms with Crippen LogP contribution in [-0.2, 0) is 0 Å². The summed E-state index contributed by atoms with van der Waals surface area (Å²) in [7, 11) is 0. The smallest absolute Gasteiger partial charge is 0.250 e. The summed E-state index contributed by atoms with van der Waals surface area (Å²) in [6.07, 6.45) is 1.86. The fraction of sp³-hybridized carbons (Fsp3) is 0.238. The predicted molar refractivity (Wildman–Crippen MR) is 102 cm³/mol. The molecule has 0 saturated carbocycles. The number of aliphatic hydroxyl groups excluding tert-OH is 1. The second kappa shape index (κ2) is 6.77. The molecule has 2 aromatic carbocycles. The Morgan fingerprint density at radius 1 is 1.12 bits per heavy atom. The largest absolute Gasteiger partial charge is 0.391 e. The zero-order valence-corrected chi connectivity index (χ0v) is 14.4. The number of fused-ring (bicyclic) bond motifs is 1. The highest BCUT2D eigenvalue weighted by atomic mass is 16.3. The van der Waals surface area contributed by atoms with E-state index in [1.807, 2.05) is 17.0 Å². The molecule has 26 heavy (non-hydrogen) atoms. The number of anilines is 1. The molecular weight excluding hydrogens is 326 g/mol. The number of nitrogens with two attached hydrogens (primary N) is 1. The number of rotatable bonds is 3. The molecule has 132 valence electrons. The van der Waals surface area contributed by atoms with E-state index >= 15 is 0 Å². The van der Waals surface area contributed by atoms with Crippen LogP contribution in [0.25, 0.3) is 10.8 Å². The van der Waals surface area contributed by atoms with Crippen molar-refractivity contribution in [3.05, 3.63) is 71.9 Å². The Morgan fingerprint density at radius 3 is 2.62 bits per heavy atom. The Morgan fingerprint density at radius 2 is 1.92 bits per heavy atom. The van der Waals surface area contributed by atoms with Crippen LogP contribution in [0.5, 0.6) is 0 Å². The second-order valence-corrected chi connectivity index (χ2v) is 6.78. The summed E-state index contributed by atoms with van der Waals surface area (Å²) in [4.78, 5) is 17.5. The van der Waals surface area contributed by atoms with Crippen molar-refractivity contribution in [1.29, 1.82) is 0 Å². The molecule has 5 heteroatoms. The first-order chi connectivity index (χ1) is 12.6. The predicted octanol–water partition coefficient (Wildman–Crippen LogP) is 2.69. The van der Waals surface area contributed by atoms with Crippen molar-refractivity contribution in [1.82, 2.24) is 4.98 Å². The van der Waals surface area contributed by atoms with Crippen molar-refractivity contribution in [2.24, 2.45) is 5.73 Å². The van der Waals surface area contributed by atoms with Crippen molar-refractivity contribution in [3.8, 4) is 0 Å². The van der Waals surface area contributed by atoms with Gasteiger partial charge in [0.25, 0.3) is 0 Å². The van der Waals surface area contributed by atoms with E-state index < -0.39 is 12.0 Å². The van der Waals surface area contributed by atoms with Gasteiger partial charge in [-0.3, -0.25) is 4.79 Å². The van der Waals surface area contributed by atoms with Gasteiger partial charge in [-0.2, -0.15) is 0 Å². The maximum absolute atomic E-state index is 11.2. The lowest BCUT2D eigenvalue weighted by Gasteiger charge is -2.37. The number of hydrogen-bond donors (Lipinski definition) is 2. The molecule has 1 fully saturated rings. The van der Waals surface area contributed by atoms with Crippen LogP contribution in [0.15, 0.2) is 60.8 Å². The summed E-state index contributed by atoms with van der Waals surface area (Å²) in [5.74, 6) is 0.380. The van der Waals surface area contributed by atoms with Crippen molar-refractivity contribution in [2.75, 3.05) is 18.0 Å². The summed E-state index contributed by atoms with van der Waals surface area (Å²) in [6, 6.07) is 18.1. The van der Waals surface area contributed by atoms with Crippen LogP contribution in [0.1, 0.15) is 28.3 Å². The number of aromatic nitrogens is 1. The van der Waals surface area contributed by atoms with Crippen LogP contribution in [0, 0.1) is 0 Å². The molecule has 2 heterocycles. The first-order valence-corrected chi connectivity index (χ1v) is 8.79. The van der Waals surface area contributed by atoms with Gasteiger partial charge in [-0.1, -0.05) is 42.5 Å². The maximum Gasteiger partial charge on any atom is 0.250 e. The van der Waals surface area contributed by atoms with Crippen LogP contribution >= 0.6 is 0 Å². The van der Waals surface area contributed by atoms with E-state index in [1.165, 1.54) is 22.5 Å². The molecule has 5 nitrogen and oxygen atoms in total. The highest BCUT2D eigenvalue weighted by Crippen LogP contribution is 2.32. The quantitative estimate of drug-likeness (QED) is 0.763. The lowest BCUT2D eigenvalue weighted by Crippen LogP contribution is -2.43. The fourth-order valence-electron chi connectivity index (χ4n) is 3.69. The van der Waals surface area contributed by atoms with Crippen molar-refractivity contribution < 1.29 is 9.90 Å². The van der Waals surface area contributed by atoms with E-state index in [2.05, 4.69) is 35.3 Å². The molecule has 1 saturated heterocycles. The lowest BCUT2D eigenvalue weighted by molar-refractivity contribution is 0.0999. The van der Waals surface area contributed by atoms with Crippen LogP contribution in [0.2, 0.25) is 0 Å². The second-order valence-electron chi connectivity index (χ2n) is 6.78. The van der Waals surface area contributed by atoms with Gasteiger partial charge >= 0.3 is 0 Å². The number of nitrogens with zero attached hydrogens (tertiary/aromatic N) is 2. The van der Waals surface area contributed by atoms with Crippen LogP contribution in [-0.4, -0.2) is 35.2 Å². The molecule has 1 aromatic heterocycles. The fourth-order valence-corrected chi connectivity index (χ4v) is 3.69. The monoisotopic (exact) mass is 347 g/mol. The van der Waals surface area contributed by atoms with Gasteiger partial charge in [-0.15, -0.1) is 0 Å². The third-order valence-corrected chi connectivity index (χ3v) is 5.14. The third-order valence-electron chi connectivity index (χ3n) is 5.14. The number of benzene rings is 2. The van der Waals surface area contributed by atoms with Crippen LogP contribution < -0.4 is 10.6 Å². The Bertz CT molecular complexity index is 939. The maximum atomic E-state index is 11.2. The molecule has 0 unspecified atom stereocenters. The number of carbonyl (C=O) groups is 1. The van der Waals surface area contributed by atoms with Crippen LogP contribution in [0.4, 0.5) is 5.82 Å². The van der Waals surface area contributed by atoms with E-state index in [4.69, 9.17) is 5.73 Å². The third kappa shape index (κ3) is 3.13. The molecule has 0 spiro atoms. The minimum absolute atomic E-state index is 0.112. The van der Waals surface area contributed by atoms with E-state index in [0.717, 1.165) is 18.8 Å². The first kappa shape index (κ1) is 16.5. The molecule has 0 bridgehead atoms. The normalized spacial score (nSPS) is 20.3. The minimum atomic E-state index is -0.487. The molecular formula is C21H21N3O2. The summed E-state index contributed by atoms with van der Waals surface area (Å²) in [5.41, 5.74) is 6.82. The van der Waals surface area contributed by atoms with Gasteiger partial charge < -0.3 is 15.7 Å². The van der Waals surface area contributed by atoms with Crippen molar-refractivity contribution in [3.63, 3.8) is 0 Å².